The second kappa shape index (κ2) is 3.87. The van der Waals surface area contributed by atoms with Crippen LogP contribution in [0.15, 0.2) is 35.7 Å². The average Bonchev–Trinajstić information content (AvgIpc) is 2.50. The van der Waals surface area contributed by atoms with Crippen LogP contribution in [0.2, 0.25) is 5.02 Å². The fraction of sp³-hybridized carbons (Fsp3) is 0.200. The molecule has 0 spiro atoms. The van der Waals surface area contributed by atoms with Crippen LogP contribution in [0.4, 0.5) is 5.69 Å². The molecule has 0 aliphatic carbocycles. The van der Waals surface area contributed by atoms with Crippen LogP contribution in [0.1, 0.15) is 0 Å². The molecule has 0 bridgehead atoms. The van der Waals surface area contributed by atoms with Crippen LogP contribution in [0.3, 0.4) is 0 Å². The number of sulfone groups is 1. The molecule has 1 atom stereocenters. The fourth-order valence-corrected chi connectivity index (χ4v) is 2.79. The average molecular weight is 244 g/mol. The molecular formula is C10H10ClNO2S. The third-order valence-electron chi connectivity index (χ3n) is 2.13. The highest BCUT2D eigenvalue weighted by Crippen LogP contribution is 2.17. The van der Waals surface area contributed by atoms with Crippen LogP contribution in [0.5, 0.6) is 0 Å². The predicted molar refractivity (Wildman–Crippen MR) is 61.8 cm³/mol. The van der Waals surface area contributed by atoms with Gasteiger partial charge in [-0.2, -0.15) is 0 Å². The Kier molecular flexibility index (Phi) is 2.71. The van der Waals surface area contributed by atoms with Gasteiger partial charge in [0.1, 0.15) is 0 Å². The Morgan fingerprint density at radius 3 is 2.47 bits per heavy atom. The van der Waals surface area contributed by atoms with Crippen molar-refractivity contribution in [2.75, 3.05) is 11.1 Å². The Labute approximate surface area is 93.7 Å². The number of anilines is 1. The summed E-state index contributed by atoms with van der Waals surface area (Å²) < 4.78 is 22.3. The molecular weight excluding hydrogens is 234 g/mol. The van der Waals surface area contributed by atoms with Gasteiger partial charge in [-0.25, -0.2) is 8.42 Å². The van der Waals surface area contributed by atoms with Gasteiger partial charge in [-0.3, -0.25) is 0 Å². The molecule has 3 nitrogen and oxygen atoms in total. The Morgan fingerprint density at radius 2 is 1.93 bits per heavy atom. The topological polar surface area (TPSA) is 46.2 Å². The van der Waals surface area contributed by atoms with Crippen molar-refractivity contribution in [3.8, 4) is 0 Å². The Hall–Kier alpha value is -1.00. The monoisotopic (exact) mass is 243 g/mol. The lowest BCUT2D eigenvalue weighted by Gasteiger charge is -2.11. The van der Waals surface area contributed by atoms with Gasteiger partial charge in [-0.1, -0.05) is 17.7 Å². The Bertz CT molecular complexity index is 479. The van der Waals surface area contributed by atoms with Gasteiger partial charge in [-0.05, 0) is 24.3 Å². The van der Waals surface area contributed by atoms with Crippen molar-refractivity contribution in [3.05, 3.63) is 40.8 Å². The van der Waals surface area contributed by atoms with Crippen molar-refractivity contribution in [2.45, 2.75) is 6.04 Å². The van der Waals surface area contributed by atoms with Crippen LogP contribution >= 0.6 is 11.6 Å². The van der Waals surface area contributed by atoms with E-state index < -0.39 is 9.84 Å². The number of nitrogens with one attached hydrogen (secondary N) is 1. The molecule has 0 fully saturated rings. The van der Waals surface area contributed by atoms with Gasteiger partial charge < -0.3 is 5.32 Å². The molecule has 1 aliphatic heterocycles. The lowest BCUT2D eigenvalue weighted by atomic mass is 10.2. The molecule has 0 aromatic heterocycles. The highest BCUT2D eigenvalue weighted by Gasteiger charge is 2.20. The molecule has 1 aromatic carbocycles. The number of benzene rings is 1. The first kappa shape index (κ1) is 10.5. The maximum Gasteiger partial charge on any atom is 0.173 e. The highest BCUT2D eigenvalue weighted by molar-refractivity contribution is 7.94. The molecule has 0 amide bonds. The van der Waals surface area contributed by atoms with E-state index in [9.17, 15) is 8.42 Å². The Morgan fingerprint density at radius 1 is 1.27 bits per heavy atom. The van der Waals surface area contributed by atoms with Crippen LogP contribution in [0.25, 0.3) is 0 Å². The minimum atomic E-state index is -2.99. The van der Waals surface area contributed by atoms with Gasteiger partial charge in [0, 0.05) is 16.1 Å². The molecule has 0 saturated heterocycles. The molecule has 0 radical (unpaired) electrons. The number of hydrogen-bond acceptors (Lipinski definition) is 3. The zero-order chi connectivity index (χ0) is 10.9. The van der Waals surface area contributed by atoms with Gasteiger partial charge in [0.05, 0.1) is 11.8 Å². The molecule has 1 aromatic rings. The molecule has 80 valence electrons. The van der Waals surface area contributed by atoms with Crippen molar-refractivity contribution in [2.24, 2.45) is 0 Å². The molecule has 1 aliphatic rings. The van der Waals surface area contributed by atoms with E-state index in [-0.39, 0.29) is 11.8 Å². The van der Waals surface area contributed by atoms with Crippen LogP contribution < -0.4 is 5.32 Å². The van der Waals surface area contributed by atoms with Crippen LogP contribution in [-0.4, -0.2) is 20.2 Å². The van der Waals surface area contributed by atoms with E-state index >= 15 is 0 Å². The second-order valence-electron chi connectivity index (χ2n) is 3.42. The molecule has 0 saturated carbocycles. The van der Waals surface area contributed by atoms with E-state index in [4.69, 9.17) is 11.6 Å². The second-order valence-corrected chi connectivity index (χ2v) is 5.78. The standard InChI is InChI=1S/C10H10ClNO2S/c11-8-1-3-9(4-2-8)12-10-5-6-15(13,14)7-10/h1-6,10,12H,7H2/t10-/m1/s1. The highest BCUT2D eigenvalue weighted by atomic mass is 35.5. The molecule has 0 unspecified atom stereocenters. The predicted octanol–water partition coefficient (Wildman–Crippen LogP) is 2.06. The van der Waals surface area contributed by atoms with Gasteiger partial charge >= 0.3 is 0 Å². The minimum Gasteiger partial charge on any atom is -0.378 e. The third kappa shape index (κ3) is 2.73. The van der Waals surface area contributed by atoms with E-state index in [1.54, 1.807) is 18.2 Å². The summed E-state index contributed by atoms with van der Waals surface area (Å²) in [6.07, 6.45) is 1.66. The van der Waals surface area contributed by atoms with E-state index in [2.05, 4.69) is 5.32 Å². The summed E-state index contributed by atoms with van der Waals surface area (Å²) in [5, 5.41) is 5.01. The van der Waals surface area contributed by atoms with E-state index in [1.807, 2.05) is 12.1 Å². The Balaban J connectivity index is 2.05. The smallest absolute Gasteiger partial charge is 0.173 e. The van der Waals surface area contributed by atoms with Crippen LogP contribution in [-0.2, 0) is 9.84 Å². The summed E-state index contributed by atoms with van der Waals surface area (Å²) in [5.41, 5.74) is 0.867. The first-order valence-corrected chi connectivity index (χ1v) is 6.58. The summed E-state index contributed by atoms with van der Waals surface area (Å²) in [6.45, 7) is 0. The SMILES string of the molecule is O=S1(=O)C=C[C@@H](Nc2ccc(Cl)cc2)C1. The van der Waals surface area contributed by atoms with E-state index in [1.165, 1.54) is 5.41 Å². The van der Waals surface area contributed by atoms with E-state index in [0.717, 1.165) is 5.69 Å². The fourth-order valence-electron chi connectivity index (χ4n) is 1.43. The maximum atomic E-state index is 11.1. The van der Waals surface area contributed by atoms with E-state index in [0.29, 0.717) is 5.02 Å². The zero-order valence-corrected chi connectivity index (χ0v) is 9.42. The normalized spacial score (nSPS) is 22.9. The van der Waals surface area contributed by atoms with Crippen molar-refractivity contribution in [1.82, 2.24) is 0 Å². The quantitative estimate of drug-likeness (QED) is 0.865. The summed E-state index contributed by atoms with van der Waals surface area (Å²) in [5.74, 6) is 0.121. The van der Waals surface area contributed by atoms with Crippen LogP contribution in [0, 0.1) is 0 Å². The number of rotatable bonds is 2. The van der Waals surface area contributed by atoms with Crippen molar-refractivity contribution in [3.63, 3.8) is 0 Å². The summed E-state index contributed by atoms with van der Waals surface area (Å²) in [7, 11) is -2.99. The summed E-state index contributed by atoms with van der Waals surface area (Å²) in [6, 6.07) is 7.02. The van der Waals surface area contributed by atoms with Gasteiger partial charge in [0.2, 0.25) is 0 Å². The lowest BCUT2D eigenvalue weighted by Crippen LogP contribution is -2.20. The molecule has 2 rings (SSSR count). The summed E-state index contributed by atoms with van der Waals surface area (Å²) in [4.78, 5) is 0. The van der Waals surface area contributed by atoms with Crippen molar-refractivity contribution >= 4 is 27.1 Å². The molecule has 5 heteroatoms. The molecule has 1 heterocycles. The first-order chi connectivity index (χ1) is 7.05. The summed E-state index contributed by atoms with van der Waals surface area (Å²) >= 11 is 5.74. The number of hydrogen-bond donors (Lipinski definition) is 1. The largest absolute Gasteiger partial charge is 0.378 e. The van der Waals surface area contributed by atoms with Gasteiger partial charge in [-0.15, -0.1) is 0 Å². The molecule has 15 heavy (non-hydrogen) atoms. The van der Waals surface area contributed by atoms with Gasteiger partial charge in [0.15, 0.2) is 9.84 Å². The first-order valence-electron chi connectivity index (χ1n) is 4.48. The lowest BCUT2D eigenvalue weighted by molar-refractivity contribution is 0.605. The maximum absolute atomic E-state index is 11.1. The third-order valence-corrected chi connectivity index (χ3v) is 3.77. The minimum absolute atomic E-state index is 0.121. The number of halogens is 1. The molecule has 1 N–H and O–H groups in total. The zero-order valence-electron chi connectivity index (χ0n) is 7.85. The van der Waals surface area contributed by atoms with Gasteiger partial charge in [0.25, 0.3) is 0 Å². The van der Waals surface area contributed by atoms with Crippen molar-refractivity contribution in [1.29, 1.82) is 0 Å². The van der Waals surface area contributed by atoms with Crippen molar-refractivity contribution < 1.29 is 8.42 Å².